The highest BCUT2D eigenvalue weighted by molar-refractivity contribution is 5.95. The average molecular weight is 400 g/mol. The summed E-state index contributed by atoms with van der Waals surface area (Å²) in [6, 6.07) is 7.94. The molecule has 0 bridgehead atoms. The lowest BCUT2D eigenvalue weighted by atomic mass is 9.93. The molecule has 0 radical (unpaired) electrons. The van der Waals surface area contributed by atoms with Crippen LogP contribution in [0.25, 0.3) is 10.9 Å². The highest BCUT2D eigenvalue weighted by Gasteiger charge is 2.24. The van der Waals surface area contributed by atoms with E-state index in [1.165, 1.54) is 0 Å². The number of anilines is 1. The number of ether oxygens (including phenoxy) is 2. The Balaban J connectivity index is 1.52. The lowest BCUT2D eigenvalue weighted by Gasteiger charge is -2.30. The molecule has 2 aromatic rings. The lowest BCUT2D eigenvalue weighted by molar-refractivity contribution is -0.128. The Morgan fingerprint density at radius 1 is 1.24 bits per heavy atom. The van der Waals surface area contributed by atoms with Gasteiger partial charge < -0.3 is 20.5 Å². The zero-order valence-corrected chi connectivity index (χ0v) is 17.7. The fourth-order valence-electron chi connectivity index (χ4n) is 4.01. The standard InChI is InChI=1S/C23H33N3O3/c1-4-17(5-2)28-14-22(27)26-16-9-11-18(12-10-16)29-21-8-6-7-20-23(21)19(24)13-15(3)25-20/h6-8,13,16-18H,4-5,9-12,14H2,1-3H3,(H2,24,25)(H,26,27). The first-order chi connectivity index (χ1) is 14.0. The zero-order chi connectivity index (χ0) is 20.8. The van der Waals surface area contributed by atoms with E-state index in [1.54, 1.807) is 0 Å². The summed E-state index contributed by atoms with van der Waals surface area (Å²) >= 11 is 0. The summed E-state index contributed by atoms with van der Waals surface area (Å²) in [5.74, 6) is 0.767. The van der Waals surface area contributed by atoms with Gasteiger partial charge in [-0.3, -0.25) is 9.78 Å². The first kappa shape index (κ1) is 21.4. The van der Waals surface area contributed by atoms with Gasteiger partial charge in [-0.2, -0.15) is 0 Å². The third-order valence-corrected chi connectivity index (χ3v) is 5.65. The van der Waals surface area contributed by atoms with Gasteiger partial charge in [-0.1, -0.05) is 19.9 Å². The molecule has 1 heterocycles. The minimum atomic E-state index is -0.0236. The number of hydrogen-bond donors (Lipinski definition) is 2. The van der Waals surface area contributed by atoms with Gasteiger partial charge in [0.15, 0.2) is 0 Å². The molecule has 0 unspecified atom stereocenters. The number of pyridine rings is 1. The molecule has 0 aliphatic heterocycles. The second-order valence-electron chi connectivity index (χ2n) is 7.91. The molecule has 1 aromatic carbocycles. The second kappa shape index (κ2) is 9.92. The molecule has 0 atom stereocenters. The fraction of sp³-hybridized carbons (Fsp3) is 0.565. The fourth-order valence-corrected chi connectivity index (χ4v) is 4.01. The number of fused-ring (bicyclic) bond motifs is 1. The molecule has 1 amide bonds. The maximum absolute atomic E-state index is 12.1. The smallest absolute Gasteiger partial charge is 0.246 e. The van der Waals surface area contributed by atoms with Crippen LogP contribution in [0.3, 0.4) is 0 Å². The van der Waals surface area contributed by atoms with Gasteiger partial charge in [0.1, 0.15) is 12.4 Å². The molecule has 1 aromatic heterocycles. The van der Waals surface area contributed by atoms with Crippen molar-refractivity contribution in [2.45, 2.75) is 77.5 Å². The lowest BCUT2D eigenvalue weighted by Crippen LogP contribution is -2.41. The highest BCUT2D eigenvalue weighted by atomic mass is 16.5. The minimum absolute atomic E-state index is 0.0236. The number of benzene rings is 1. The van der Waals surface area contributed by atoms with Crippen LogP contribution in [-0.2, 0) is 9.53 Å². The van der Waals surface area contributed by atoms with Crippen molar-refractivity contribution in [3.63, 3.8) is 0 Å². The maximum Gasteiger partial charge on any atom is 0.246 e. The van der Waals surface area contributed by atoms with E-state index in [0.29, 0.717) is 5.69 Å². The number of aromatic nitrogens is 1. The first-order valence-electron chi connectivity index (χ1n) is 10.7. The predicted molar refractivity (Wildman–Crippen MR) is 116 cm³/mol. The molecule has 1 saturated carbocycles. The molecule has 3 rings (SSSR count). The second-order valence-corrected chi connectivity index (χ2v) is 7.91. The van der Waals surface area contributed by atoms with Gasteiger partial charge in [0.2, 0.25) is 5.91 Å². The Hall–Kier alpha value is -2.34. The molecule has 6 heteroatoms. The van der Waals surface area contributed by atoms with Crippen LogP contribution in [0.2, 0.25) is 0 Å². The van der Waals surface area contributed by atoms with Gasteiger partial charge in [0.05, 0.1) is 23.1 Å². The molecule has 29 heavy (non-hydrogen) atoms. The van der Waals surface area contributed by atoms with Crippen LogP contribution >= 0.6 is 0 Å². The number of aryl methyl sites for hydroxylation is 1. The van der Waals surface area contributed by atoms with Crippen LogP contribution in [0, 0.1) is 6.92 Å². The molecular formula is C23H33N3O3. The summed E-state index contributed by atoms with van der Waals surface area (Å²) in [5.41, 5.74) is 8.69. The molecular weight excluding hydrogens is 366 g/mol. The summed E-state index contributed by atoms with van der Waals surface area (Å²) in [7, 11) is 0. The SMILES string of the molecule is CCC(CC)OCC(=O)NC1CCC(Oc2cccc3nc(C)cc(N)c23)CC1. The predicted octanol–water partition coefficient (Wildman–Crippen LogP) is 4.14. The molecule has 0 saturated heterocycles. The van der Waals surface area contributed by atoms with Crippen LogP contribution in [0.1, 0.15) is 58.1 Å². The molecule has 1 aliphatic carbocycles. The van der Waals surface area contributed by atoms with Crippen molar-refractivity contribution in [3.05, 3.63) is 30.0 Å². The van der Waals surface area contributed by atoms with Crippen LogP contribution in [0.4, 0.5) is 5.69 Å². The van der Waals surface area contributed by atoms with Gasteiger partial charge in [-0.05, 0) is 63.6 Å². The minimum Gasteiger partial charge on any atom is -0.490 e. The quantitative estimate of drug-likeness (QED) is 0.697. The van der Waals surface area contributed by atoms with Crippen molar-refractivity contribution in [2.24, 2.45) is 0 Å². The van der Waals surface area contributed by atoms with E-state index < -0.39 is 0 Å². The number of carbonyl (C=O) groups is 1. The number of nitrogens with one attached hydrogen (secondary N) is 1. The number of nitrogen functional groups attached to an aromatic ring is 1. The van der Waals surface area contributed by atoms with Gasteiger partial charge in [-0.15, -0.1) is 0 Å². The van der Waals surface area contributed by atoms with E-state index in [4.69, 9.17) is 15.2 Å². The summed E-state index contributed by atoms with van der Waals surface area (Å²) in [6.07, 6.45) is 5.74. The van der Waals surface area contributed by atoms with E-state index in [0.717, 1.165) is 60.9 Å². The van der Waals surface area contributed by atoms with E-state index >= 15 is 0 Å². The normalized spacial score (nSPS) is 19.4. The number of rotatable bonds is 8. The summed E-state index contributed by atoms with van der Waals surface area (Å²) in [6.45, 7) is 6.24. The Labute approximate surface area is 173 Å². The molecule has 6 nitrogen and oxygen atoms in total. The third kappa shape index (κ3) is 5.60. The Morgan fingerprint density at radius 3 is 2.66 bits per heavy atom. The van der Waals surface area contributed by atoms with Crippen molar-refractivity contribution in [2.75, 3.05) is 12.3 Å². The van der Waals surface area contributed by atoms with Crippen molar-refractivity contribution in [3.8, 4) is 5.75 Å². The largest absolute Gasteiger partial charge is 0.490 e. The topological polar surface area (TPSA) is 86.5 Å². The Kier molecular flexibility index (Phi) is 7.31. The van der Waals surface area contributed by atoms with Crippen molar-refractivity contribution < 1.29 is 14.3 Å². The van der Waals surface area contributed by atoms with E-state index in [1.807, 2.05) is 31.2 Å². The van der Waals surface area contributed by atoms with Gasteiger partial charge >= 0.3 is 0 Å². The number of nitrogens with zero attached hydrogens (tertiary/aromatic N) is 1. The van der Waals surface area contributed by atoms with Gasteiger partial charge in [-0.25, -0.2) is 0 Å². The Bertz CT molecular complexity index is 827. The van der Waals surface area contributed by atoms with Crippen molar-refractivity contribution in [1.82, 2.24) is 10.3 Å². The summed E-state index contributed by atoms with van der Waals surface area (Å²) in [4.78, 5) is 16.7. The van der Waals surface area contributed by atoms with Crippen LogP contribution in [0.5, 0.6) is 5.75 Å². The average Bonchev–Trinajstić information content (AvgIpc) is 2.70. The molecule has 0 spiro atoms. The monoisotopic (exact) mass is 399 g/mol. The Morgan fingerprint density at radius 2 is 1.97 bits per heavy atom. The number of carbonyl (C=O) groups excluding carboxylic acids is 1. The molecule has 1 fully saturated rings. The van der Waals surface area contributed by atoms with Crippen LogP contribution in [-0.4, -0.2) is 35.7 Å². The van der Waals surface area contributed by atoms with E-state index in [-0.39, 0.29) is 30.8 Å². The first-order valence-corrected chi connectivity index (χ1v) is 10.7. The third-order valence-electron chi connectivity index (χ3n) is 5.65. The zero-order valence-electron chi connectivity index (χ0n) is 17.7. The number of hydrogen-bond acceptors (Lipinski definition) is 5. The van der Waals surface area contributed by atoms with E-state index in [9.17, 15) is 4.79 Å². The van der Waals surface area contributed by atoms with Crippen LogP contribution < -0.4 is 15.8 Å². The molecule has 3 N–H and O–H groups in total. The van der Waals surface area contributed by atoms with E-state index in [2.05, 4.69) is 24.1 Å². The van der Waals surface area contributed by atoms with Gasteiger partial charge in [0, 0.05) is 17.4 Å². The summed E-state index contributed by atoms with van der Waals surface area (Å²) in [5, 5.41) is 3.98. The molecule has 158 valence electrons. The number of amides is 1. The van der Waals surface area contributed by atoms with Crippen molar-refractivity contribution >= 4 is 22.5 Å². The van der Waals surface area contributed by atoms with Crippen molar-refractivity contribution in [1.29, 1.82) is 0 Å². The maximum atomic E-state index is 12.1. The molecule has 1 aliphatic rings. The summed E-state index contributed by atoms with van der Waals surface area (Å²) < 4.78 is 11.9. The highest BCUT2D eigenvalue weighted by Crippen LogP contribution is 2.33. The van der Waals surface area contributed by atoms with Gasteiger partial charge in [0.25, 0.3) is 0 Å². The number of nitrogens with two attached hydrogens (primary N) is 1. The van der Waals surface area contributed by atoms with Crippen LogP contribution in [0.15, 0.2) is 24.3 Å².